The van der Waals surface area contributed by atoms with Crippen molar-refractivity contribution in [3.05, 3.63) is 22.4 Å². The Balaban J connectivity index is 2.16. The van der Waals surface area contributed by atoms with Crippen LogP contribution in [0.25, 0.3) is 0 Å². The SMILES string of the molecule is CC[C@H]1COC(c2cccs2)=N1. The van der Waals surface area contributed by atoms with Crippen molar-refractivity contribution in [2.24, 2.45) is 4.99 Å². The number of rotatable bonds is 2. The summed E-state index contributed by atoms with van der Waals surface area (Å²) in [4.78, 5) is 5.60. The monoisotopic (exact) mass is 181 g/mol. The molecule has 1 aromatic heterocycles. The zero-order valence-electron chi connectivity index (χ0n) is 6.99. The van der Waals surface area contributed by atoms with E-state index in [1.807, 2.05) is 17.5 Å². The van der Waals surface area contributed by atoms with Gasteiger partial charge in [-0.15, -0.1) is 11.3 Å². The highest BCUT2D eigenvalue weighted by Crippen LogP contribution is 2.17. The van der Waals surface area contributed by atoms with Gasteiger partial charge in [0.15, 0.2) is 0 Å². The summed E-state index contributed by atoms with van der Waals surface area (Å²) in [7, 11) is 0. The van der Waals surface area contributed by atoms with Crippen LogP contribution in [0.15, 0.2) is 22.5 Å². The molecule has 0 saturated heterocycles. The first kappa shape index (κ1) is 7.80. The number of ether oxygens (including phenoxy) is 1. The Kier molecular flexibility index (Phi) is 2.13. The molecule has 0 amide bonds. The third-order valence-electron chi connectivity index (χ3n) is 1.92. The third-order valence-corrected chi connectivity index (χ3v) is 2.77. The van der Waals surface area contributed by atoms with Gasteiger partial charge in [0.2, 0.25) is 5.90 Å². The minimum Gasteiger partial charge on any atom is -0.475 e. The predicted octanol–water partition coefficient (Wildman–Crippen LogP) is 2.30. The fraction of sp³-hybridized carbons (Fsp3) is 0.444. The van der Waals surface area contributed by atoms with Crippen LogP contribution in [0, 0.1) is 0 Å². The van der Waals surface area contributed by atoms with Gasteiger partial charge in [-0.25, -0.2) is 4.99 Å². The van der Waals surface area contributed by atoms with Crippen molar-refractivity contribution in [2.45, 2.75) is 19.4 Å². The largest absolute Gasteiger partial charge is 0.475 e. The minimum absolute atomic E-state index is 0.377. The molecule has 64 valence electrons. The molecular formula is C9H11NOS. The molecule has 0 aromatic carbocycles. The average Bonchev–Trinajstić information content (AvgIpc) is 2.75. The normalized spacial score (nSPS) is 22.1. The molecule has 0 bridgehead atoms. The molecule has 3 heteroatoms. The van der Waals surface area contributed by atoms with Crippen LogP contribution < -0.4 is 0 Å². The molecule has 1 aliphatic heterocycles. The lowest BCUT2D eigenvalue weighted by Crippen LogP contribution is -2.03. The van der Waals surface area contributed by atoms with Crippen LogP contribution in [0.5, 0.6) is 0 Å². The number of hydrogen-bond donors (Lipinski definition) is 0. The van der Waals surface area contributed by atoms with Gasteiger partial charge in [-0.3, -0.25) is 0 Å². The van der Waals surface area contributed by atoms with Crippen LogP contribution >= 0.6 is 11.3 Å². The number of hydrogen-bond acceptors (Lipinski definition) is 3. The smallest absolute Gasteiger partial charge is 0.226 e. The van der Waals surface area contributed by atoms with Crippen molar-refractivity contribution < 1.29 is 4.74 Å². The molecule has 1 aliphatic rings. The maximum Gasteiger partial charge on any atom is 0.226 e. The molecule has 2 heterocycles. The average molecular weight is 181 g/mol. The molecule has 0 saturated carbocycles. The molecule has 2 nitrogen and oxygen atoms in total. The van der Waals surface area contributed by atoms with Crippen molar-refractivity contribution in [3.8, 4) is 0 Å². The topological polar surface area (TPSA) is 21.6 Å². The Hall–Kier alpha value is -0.830. The Bertz CT molecular complexity index is 279. The first-order chi connectivity index (χ1) is 5.90. The molecule has 0 unspecified atom stereocenters. The summed E-state index contributed by atoms with van der Waals surface area (Å²) in [6.45, 7) is 2.89. The van der Waals surface area contributed by atoms with Crippen molar-refractivity contribution in [3.63, 3.8) is 0 Å². The van der Waals surface area contributed by atoms with Crippen LogP contribution in [-0.4, -0.2) is 18.5 Å². The van der Waals surface area contributed by atoms with Crippen molar-refractivity contribution in [2.75, 3.05) is 6.61 Å². The molecule has 12 heavy (non-hydrogen) atoms. The molecule has 0 aliphatic carbocycles. The highest BCUT2D eigenvalue weighted by molar-refractivity contribution is 7.12. The number of aliphatic imine (C=N–C) groups is 1. The maximum absolute atomic E-state index is 5.46. The second kappa shape index (κ2) is 3.27. The van der Waals surface area contributed by atoms with Gasteiger partial charge in [-0.2, -0.15) is 0 Å². The summed E-state index contributed by atoms with van der Waals surface area (Å²) in [5.74, 6) is 0.830. The van der Waals surface area contributed by atoms with E-state index in [-0.39, 0.29) is 0 Å². The van der Waals surface area contributed by atoms with Gasteiger partial charge in [0, 0.05) is 0 Å². The molecular weight excluding hydrogens is 170 g/mol. The Labute approximate surface area is 75.9 Å². The summed E-state index contributed by atoms with van der Waals surface area (Å²) in [5, 5.41) is 2.04. The second-order valence-electron chi connectivity index (χ2n) is 2.78. The zero-order chi connectivity index (χ0) is 8.39. The van der Waals surface area contributed by atoms with Gasteiger partial charge >= 0.3 is 0 Å². The third kappa shape index (κ3) is 1.37. The quantitative estimate of drug-likeness (QED) is 0.686. The highest BCUT2D eigenvalue weighted by atomic mass is 32.1. The lowest BCUT2D eigenvalue weighted by molar-refractivity contribution is 0.315. The molecule has 0 spiro atoms. The van der Waals surface area contributed by atoms with E-state index in [0.717, 1.165) is 23.8 Å². The van der Waals surface area contributed by atoms with E-state index in [1.54, 1.807) is 11.3 Å². The van der Waals surface area contributed by atoms with E-state index in [4.69, 9.17) is 4.74 Å². The van der Waals surface area contributed by atoms with Gasteiger partial charge in [0.1, 0.15) is 6.61 Å². The predicted molar refractivity (Wildman–Crippen MR) is 50.9 cm³/mol. The fourth-order valence-electron chi connectivity index (χ4n) is 1.16. The summed E-state index contributed by atoms with van der Waals surface area (Å²) >= 11 is 1.68. The highest BCUT2D eigenvalue weighted by Gasteiger charge is 2.18. The van der Waals surface area contributed by atoms with Crippen LogP contribution in [0.3, 0.4) is 0 Å². The van der Waals surface area contributed by atoms with Crippen molar-refractivity contribution in [1.29, 1.82) is 0 Å². The van der Waals surface area contributed by atoms with Gasteiger partial charge < -0.3 is 4.74 Å². The first-order valence-electron chi connectivity index (χ1n) is 4.14. The molecule has 2 rings (SSSR count). The van der Waals surface area contributed by atoms with Crippen molar-refractivity contribution >= 4 is 17.2 Å². The van der Waals surface area contributed by atoms with Crippen molar-refractivity contribution in [1.82, 2.24) is 0 Å². The Morgan fingerprint density at radius 2 is 2.67 bits per heavy atom. The second-order valence-corrected chi connectivity index (χ2v) is 3.73. The van der Waals surface area contributed by atoms with Crippen LogP contribution in [0.4, 0.5) is 0 Å². The van der Waals surface area contributed by atoms with Gasteiger partial charge in [-0.1, -0.05) is 13.0 Å². The van der Waals surface area contributed by atoms with Crippen LogP contribution in [0.2, 0.25) is 0 Å². The lowest BCUT2D eigenvalue weighted by Gasteiger charge is -1.96. The van der Waals surface area contributed by atoms with Gasteiger partial charge in [-0.05, 0) is 17.9 Å². The first-order valence-corrected chi connectivity index (χ1v) is 5.02. The molecule has 0 fully saturated rings. The van der Waals surface area contributed by atoms with Crippen LogP contribution in [-0.2, 0) is 4.74 Å². The summed E-state index contributed by atoms with van der Waals surface area (Å²) in [6.07, 6.45) is 1.06. The van der Waals surface area contributed by atoms with E-state index in [2.05, 4.69) is 11.9 Å². The van der Waals surface area contributed by atoms with E-state index in [1.165, 1.54) is 0 Å². The van der Waals surface area contributed by atoms with E-state index in [9.17, 15) is 0 Å². The van der Waals surface area contributed by atoms with E-state index < -0.39 is 0 Å². The maximum atomic E-state index is 5.46. The van der Waals surface area contributed by atoms with E-state index in [0.29, 0.717) is 6.04 Å². The summed E-state index contributed by atoms with van der Waals surface area (Å²) < 4.78 is 5.46. The zero-order valence-corrected chi connectivity index (χ0v) is 7.80. The standard InChI is InChI=1S/C9H11NOS/c1-2-7-6-11-9(10-7)8-4-3-5-12-8/h3-5,7H,2,6H2,1H3/t7-/m0/s1. The molecule has 1 atom stereocenters. The summed E-state index contributed by atoms with van der Waals surface area (Å²) in [6, 6.07) is 4.44. The van der Waals surface area contributed by atoms with Gasteiger partial charge in [0.05, 0.1) is 10.9 Å². The lowest BCUT2D eigenvalue weighted by atomic mass is 10.3. The fourth-order valence-corrected chi connectivity index (χ4v) is 1.83. The Morgan fingerprint density at radius 1 is 1.75 bits per heavy atom. The molecule has 0 radical (unpaired) electrons. The molecule has 1 aromatic rings. The van der Waals surface area contributed by atoms with Gasteiger partial charge in [0.25, 0.3) is 0 Å². The van der Waals surface area contributed by atoms with Crippen LogP contribution in [0.1, 0.15) is 18.2 Å². The molecule has 0 N–H and O–H groups in total. The number of thiophene rings is 1. The number of nitrogens with zero attached hydrogens (tertiary/aromatic N) is 1. The van der Waals surface area contributed by atoms with E-state index >= 15 is 0 Å². The summed E-state index contributed by atoms with van der Waals surface area (Å²) in [5.41, 5.74) is 0. The minimum atomic E-state index is 0.377. The Morgan fingerprint density at radius 3 is 3.25 bits per heavy atom.